The van der Waals surface area contributed by atoms with Gasteiger partial charge < -0.3 is 10.2 Å². The fraction of sp³-hybridized carbons (Fsp3) is 0.625. The molecule has 0 fully saturated rings. The molecule has 0 aliphatic heterocycles. The largest absolute Gasteiger partial charge is 0.310 e. The van der Waals surface area contributed by atoms with Gasteiger partial charge in [-0.05, 0) is 30.8 Å². The van der Waals surface area contributed by atoms with Gasteiger partial charge in [0.25, 0.3) is 0 Å². The lowest BCUT2D eigenvalue weighted by Gasteiger charge is -2.18. The van der Waals surface area contributed by atoms with Crippen LogP contribution in [-0.4, -0.2) is 36.3 Å². The van der Waals surface area contributed by atoms with E-state index in [0.29, 0.717) is 6.04 Å². The number of hydrogen-bond acceptors (Lipinski definition) is 3. The monoisotopic (exact) mass is 314 g/mol. The molecule has 2 nitrogen and oxygen atoms in total. The molecular formula is C16H27ClN2S. The summed E-state index contributed by atoms with van der Waals surface area (Å²) in [6.45, 7) is 13.0. The van der Waals surface area contributed by atoms with Gasteiger partial charge in [0.2, 0.25) is 0 Å². The lowest BCUT2D eigenvalue weighted by atomic mass is 10.2. The van der Waals surface area contributed by atoms with Crippen molar-refractivity contribution >= 4 is 23.4 Å². The van der Waals surface area contributed by atoms with E-state index in [1.807, 2.05) is 17.8 Å². The second-order valence-electron chi connectivity index (χ2n) is 5.16. The minimum absolute atomic E-state index is 0.499. The third kappa shape index (κ3) is 6.49. The Morgan fingerprint density at radius 1 is 1.25 bits per heavy atom. The second-order valence-corrected chi connectivity index (χ2v) is 6.74. The Kier molecular flexibility index (Phi) is 8.62. The second kappa shape index (κ2) is 9.67. The number of nitrogens with one attached hydrogen (secondary N) is 1. The minimum Gasteiger partial charge on any atom is -0.310 e. The van der Waals surface area contributed by atoms with Crippen LogP contribution >= 0.6 is 23.4 Å². The summed E-state index contributed by atoms with van der Waals surface area (Å²) in [4.78, 5) is 3.75. The number of benzene rings is 1. The smallest absolute Gasteiger partial charge is 0.0417 e. The van der Waals surface area contributed by atoms with E-state index in [2.05, 4.69) is 50.0 Å². The van der Waals surface area contributed by atoms with Crippen LogP contribution in [-0.2, 0) is 6.54 Å². The Morgan fingerprint density at radius 2 is 1.95 bits per heavy atom. The predicted octanol–water partition coefficient (Wildman–Crippen LogP) is 4.27. The zero-order valence-corrected chi connectivity index (χ0v) is 14.7. The summed E-state index contributed by atoms with van der Waals surface area (Å²) in [5, 5.41) is 4.30. The van der Waals surface area contributed by atoms with Crippen molar-refractivity contribution in [3.63, 3.8) is 0 Å². The molecule has 0 amide bonds. The van der Waals surface area contributed by atoms with E-state index >= 15 is 0 Å². The highest BCUT2D eigenvalue weighted by atomic mass is 35.5. The molecule has 0 radical (unpaired) electrons. The van der Waals surface area contributed by atoms with E-state index in [1.54, 1.807) is 0 Å². The van der Waals surface area contributed by atoms with Crippen LogP contribution < -0.4 is 5.32 Å². The molecule has 0 heterocycles. The molecule has 0 aromatic heterocycles. The SMILES string of the molecule is CCN(CC)CCSc1cc(Cl)ccc1CNC(C)C. The van der Waals surface area contributed by atoms with Gasteiger partial charge in [0, 0.05) is 34.8 Å². The summed E-state index contributed by atoms with van der Waals surface area (Å²) in [6, 6.07) is 6.70. The molecule has 4 heteroatoms. The molecule has 1 N–H and O–H groups in total. The van der Waals surface area contributed by atoms with Crippen LogP contribution in [0.25, 0.3) is 0 Å². The van der Waals surface area contributed by atoms with Crippen molar-refractivity contribution in [2.45, 2.75) is 45.2 Å². The maximum absolute atomic E-state index is 6.13. The fourth-order valence-corrected chi connectivity index (χ4v) is 3.29. The Labute approximate surface area is 133 Å². The standard InChI is InChI=1S/C16H27ClN2S/c1-5-19(6-2)9-10-20-16-11-15(17)8-7-14(16)12-18-13(3)4/h7-8,11,13,18H,5-6,9-10,12H2,1-4H3. The highest BCUT2D eigenvalue weighted by Gasteiger charge is 2.06. The summed E-state index contributed by atoms with van der Waals surface area (Å²) in [6.07, 6.45) is 0. The van der Waals surface area contributed by atoms with Crippen LogP contribution in [0.3, 0.4) is 0 Å². The molecule has 0 aliphatic rings. The molecule has 1 rings (SSSR count). The normalized spacial score (nSPS) is 11.6. The molecule has 0 saturated heterocycles. The van der Waals surface area contributed by atoms with Crippen molar-refractivity contribution in [2.75, 3.05) is 25.4 Å². The number of hydrogen-bond donors (Lipinski definition) is 1. The Balaban J connectivity index is 2.59. The first-order chi connectivity index (χ1) is 9.56. The van der Waals surface area contributed by atoms with E-state index in [1.165, 1.54) is 10.5 Å². The van der Waals surface area contributed by atoms with Crippen LogP contribution in [0, 0.1) is 0 Å². The molecule has 0 unspecified atom stereocenters. The summed E-state index contributed by atoms with van der Waals surface area (Å²) in [7, 11) is 0. The molecule has 0 saturated carbocycles. The van der Waals surface area contributed by atoms with Crippen molar-refractivity contribution in [2.24, 2.45) is 0 Å². The maximum atomic E-state index is 6.13. The van der Waals surface area contributed by atoms with Crippen LogP contribution in [0.2, 0.25) is 5.02 Å². The lowest BCUT2D eigenvalue weighted by Crippen LogP contribution is -2.25. The van der Waals surface area contributed by atoms with E-state index in [0.717, 1.165) is 37.0 Å². The molecule has 0 spiro atoms. The van der Waals surface area contributed by atoms with Gasteiger partial charge in [0.15, 0.2) is 0 Å². The van der Waals surface area contributed by atoms with Gasteiger partial charge in [0.1, 0.15) is 0 Å². The summed E-state index contributed by atoms with van der Waals surface area (Å²) >= 11 is 8.04. The van der Waals surface area contributed by atoms with Crippen LogP contribution in [0.1, 0.15) is 33.3 Å². The molecule has 114 valence electrons. The first-order valence-electron chi connectivity index (χ1n) is 7.43. The molecule has 0 bridgehead atoms. The molecule has 1 aromatic rings. The third-order valence-electron chi connectivity index (χ3n) is 3.29. The van der Waals surface area contributed by atoms with Crippen molar-refractivity contribution in [3.8, 4) is 0 Å². The fourth-order valence-electron chi connectivity index (χ4n) is 1.95. The molecule has 1 aromatic carbocycles. The van der Waals surface area contributed by atoms with Crippen LogP contribution in [0.4, 0.5) is 0 Å². The zero-order chi connectivity index (χ0) is 15.0. The van der Waals surface area contributed by atoms with Crippen LogP contribution in [0.15, 0.2) is 23.1 Å². The minimum atomic E-state index is 0.499. The Hall–Kier alpha value is -0.220. The molecule has 0 atom stereocenters. The van der Waals surface area contributed by atoms with Crippen molar-refractivity contribution < 1.29 is 0 Å². The number of rotatable bonds is 9. The van der Waals surface area contributed by atoms with E-state index in [9.17, 15) is 0 Å². The lowest BCUT2D eigenvalue weighted by molar-refractivity contribution is 0.324. The average Bonchev–Trinajstić information content (AvgIpc) is 2.42. The average molecular weight is 315 g/mol. The van der Waals surface area contributed by atoms with Crippen molar-refractivity contribution in [1.29, 1.82) is 0 Å². The van der Waals surface area contributed by atoms with E-state index in [-0.39, 0.29) is 0 Å². The number of thioether (sulfide) groups is 1. The number of halogens is 1. The van der Waals surface area contributed by atoms with Crippen molar-refractivity contribution in [1.82, 2.24) is 10.2 Å². The van der Waals surface area contributed by atoms with E-state index in [4.69, 9.17) is 11.6 Å². The van der Waals surface area contributed by atoms with E-state index < -0.39 is 0 Å². The Bertz CT molecular complexity index is 392. The quantitative estimate of drug-likeness (QED) is 0.685. The third-order valence-corrected chi connectivity index (χ3v) is 4.60. The predicted molar refractivity (Wildman–Crippen MR) is 91.9 cm³/mol. The summed E-state index contributed by atoms with van der Waals surface area (Å²) in [5.74, 6) is 1.11. The zero-order valence-electron chi connectivity index (χ0n) is 13.1. The van der Waals surface area contributed by atoms with Gasteiger partial charge in [-0.3, -0.25) is 0 Å². The van der Waals surface area contributed by atoms with Crippen LogP contribution in [0.5, 0.6) is 0 Å². The number of nitrogens with zero attached hydrogens (tertiary/aromatic N) is 1. The maximum Gasteiger partial charge on any atom is 0.0417 e. The van der Waals surface area contributed by atoms with Crippen molar-refractivity contribution in [3.05, 3.63) is 28.8 Å². The highest BCUT2D eigenvalue weighted by Crippen LogP contribution is 2.26. The molecule has 0 aliphatic carbocycles. The first kappa shape index (κ1) is 17.8. The topological polar surface area (TPSA) is 15.3 Å². The highest BCUT2D eigenvalue weighted by molar-refractivity contribution is 7.99. The van der Waals surface area contributed by atoms with Gasteiger partial charge in [-0.2, -0.15) is 0 Å². The van der Waals surface area contributed by atoms with Gasteiger partial charge >= 0.3 is 0 Å². The molecular weight excluding hydrogens is 288 g/mol. The summed E-state index contributed by atoms with van der Waals surface area (Å²) < 4.78 is 0. The van der Waals surface area contributed by atoms with Gasteiger partial charge in [0.05, 0.1) is 0 Å². The van der Waals surface area contributed by atoms with Gasteiger partial charge in [-0.1, -0.05) is 45.4 Å². The summed E-state index contributed by atoms with van der Waals surface area (Å²) in [5.41, 5.74) is 1.34. The van der Waals surface area contributed by atoms with Gasteiger partial charge in [-0.25, -0.2) is 0 Å². The molecule has 20 heavy (non-hydrogen) atoms. The van der Waals surface area contributed by atoms with Gasteiger partial charge in [-0.15, -0.1) is 11.8 Å². The Morgan fingerprint density at radius 3 is 2.55 bits per heavy atom. The first-order valence-corrected chi connectivity index (χ1v) is 8.80.